The van der Waals surface area contributed by atoms with Gasteiger partial charge in [-0.1, -0.05) is 0 Å². The van der Waals surface area contributed by atoms with Crippen molar-refractivity contribution < 1.29 is 14.3 Å². The summed E-state index contributed by atoms with van der Waals surface area (Å²) in [7, 11) is 0. The van der Waals surface area contributed by atoms with Gasteiger partial charge in [-0.25, -0.2) is 0 Å². The Morgan fingerprint density at radius 2 is 2.27 bits per heavy atom. The standard InChI is InChI=1S/C11H7NO3/c1-6(13)8-2-3-10(14)11-9(8)4-7(5-12)15-11/h2-4,14H,1H3. The molecule has 0 aliphatic heterocycles. The quantitative estimate of drug-likeness (QED) is 0.718. The zero-order chi connectivity index (χ0) is 11.0. The molecule has 1 heterocycles. The van der Waals surface area contributed by atoms with Crippen LogP contribution in [0.3, 0.4) is 0 Å². The van der Waals surface area contributed by atoms with Gasteiger partial charge in [-0.2, -0.15) is 5.26 Å². The summed E-state index contributed by atoms with van der Waals surface area (Å²) in [6.45, 7) is 1.42. The fraction of sp³-hybridized carbons (Fsp3) is 0.0909. The van der Waals surface area contributed by atoms with Crippen molar-refractivity contribution in [1.82, 2.24) is 0 Å². The summed E-state index contributed by atoms with van der Waals surface area (Å²) in [5.41, 5.74) is 0.618. The summed E-state index contributed by atoms with van der Waals surface area (Å²) < 4.78 is 5.08. The van der Waals surface area contributed by atoms with Gasteiger partial charge < -0.3 is 9.52 Å². The van der Waals surface area contributed by atoms with E-state index in [1.54, 1.807) is 0 Å². The minimum absolute atomic E-state index is 0.0727. The number of hydrogen-bond donors (Lipinski definition) is 1. The lowest BCUT2D eigenvalue weighted by molar-refractivity contribution is 0.101. The summed E-state index contributed by atoms with van der Waals surface area (Å²) in [5.74, 6) is -0.129. The zero-order valence-electron chi connectivity index (χ0n) is 7.94. The maximum absolute atomic E-state index is 11.3. The number of hydrogen-bond acceptors (Lipinski definition) is 4. The largest absolute Gasteiger partial charge is 0.504 e. The van der Waals surface area contributed by atoms with Crippen LogP contribution in [0.2, 0.25) is 0 Å². The second-order valence-corrected chi connectivity index (χ2v) is 3.15. The monoisotopic (exact) mass is 201 g/mol. The molecule has 2 aromatic rings. The van der Waals surface area contributed by atoms with Gasteiger partial charge >= 0.3 is 0 Å². The molecule has 0 saturated heterocycles. The number of Topliss-reactive ketones (excluding diaryl/α,β-unsaturated/α-hetero) is 1. The number of carbonyl (C=O) groups is 1. The van der Waals surface area contributed by atoms with Crippen LogP contribution in [0.15, 0.2) is 22.6 Å². The van der Waals surface area contributed by atoms with Crippen molar-refractivity contribution in [2.45, 2.75) is 6.92 Å². The number of benzene rings is 1. The predicted molar refractivity (Wildman–Crippen MR) is 52.6 cm³/mol. The molecule has 2 rings (SSSR count). The molecule has 74 valence electrons. The smallest absolute Gasteiger partial charge is 0.205 e. The Balaban J connectivity index is 2.87. The third-order valence-electron chi connectivity index (χ3n) is 2.15. The Labute approximate surface area is 85.4 Å². The van der Waals surface area contributed by atoms with Crippen LogP contribution < -0.4 is 0 Å². The van der Waals surface area contributed by atoms with Crippen LogP contribution >= 0.6 is 0 Å². The minimum Gasteiger partial charge on any atom is -0.504 e. The van der Waals surface area contributed by atoms with Crippen molar-refractivity contribution in [2.24, 2.45) is 0 Å². The first kappa shape index (κ1) is 9.28. The molecule has 1 aromatic heterocycles. The third kappa shape index (κ3) is 1.34. The van der Waals surface area contributed by atoms with Crippen LogP contribution in [0, 0.1) is 11.3 Å². The topological polar surface area (TPSA) is 74.2 Å². The first-order valence-corrected chi connectivity index (χ1v) is 4.30. The lowest BCUT2D eigenvalue weighted by Crippen LogP contribution is -1.91. The van der Waals surface area contributed by atoms with Gasteiger partial charge in [-0.05, 0) is 19.1 Å². The molecule has 0 bridgehead atoms. The maximum Gasteiger partial charge on any atom is 0.205 e. The summed E-state index contributed by atoms with van der Waals surface area (Å²) in [6.07, 6.45) is 0. The van der Waals surface area contributed by atoms with Gasteiger partial charge in [0.15, 0.2) is 17.1 Å². The molecule has 0 fully saturated rings. The van der Waals surface area contributed by atoms with Gasteiger partial charge in [0.1, 0.15) is 6.07 Å². The summed E-state index contributed by atoms with van der Waals surface area (Å²) >= 11 is 0. The van der Waals surface area contributed by atoms with Crippen molar-refractivity contribution in [2.75, 3.05) is 0 Å². The molecule has 1 N–H and O–H groups in total. The Hall–Kier alpha value is -2.28. The zero-order valence-corrected chi connectivity index (χ0v) is 7.94. The highest BCUT2D eigenvalue weighted by Gasteiger charge is 2.13. The van der Waals surface area contributed by atoms with Gasteiger partial charge in [0, 0.05) is 17.0 Å². The molecule has 4 heteroatoms. The van der Waals surface area contributed by atoms with Crippen molar-refractivity contribution in [3.8, 4) is 11.8 Å². The van der Waals surface area contributed by atoms with E-state index in [0.717, 1.165) is 0 Å². The highest BCUT2D eigenvalue weighted by Crippen LogP contribution is 2.30. The summed E-state index contributed by atoms with van der Waals surface area (Å²) in [4.78, 5) is 11.3. The van der Waals surface area contributed by atoms with Crippen LogP contribution in [0.1, 0.15) is 23.0 Å². The molecule has 0 atom stereocenters. The fourth-order valence-corrected chi connectivity index (χ4v) is 1.47. The molecule has 0 aliphatic carbocycles. The highest BCUT2D eigenvalue weighted by atomic mass is 16.4. The molecular formula is C11H7NO3. The molecule has 0 saturated carbocycles. The predicted octanol–water partition coefficient (Wildman–Crippen LogP) is 2.21. The second-order valence-electron chi connectivity index (χ2n) is 3.15. The first-order valence-electron chi connectivity index (χ1n) is 4.30. The van der Waals surface area contributed by atoms with E-state index < -0.39 is 0 Å². The Morgan fingerprint density at radius 3 is 2.87 bits per heavy atom. The summed E-state index contributed by atoms with van der Waals surface area (Å²) in [5, 5.41) is 18.6. The van der Waals surface area contributed by atoms with Gasteiger partial charge in [0.2, 0.25) is 5.76 Å². The molecule has 0 unspecified atom stereocenters. The number of ketones is 1. The molecule has 0 radical (unpaired) electrons. The molecule has 0 spiro atoms. The van der Waals surface area contributed by atoms with E-state index in [0.29, 0.717) is 10.9 Å². The minimum atomic E-state index is -0.134. The normalized spacial score (nSPS) is 10.1. The van der Waals surface area contributed by atoms with Crippen LogP contribution in [0.5, 0.6) is 5.75 Å². The number of aromatic hydroxyl groups is 1. The van der Waals surface area contributed by atoms with Crippen LogP contribution in [0.4, 0.5) is 0 Å². The lowest BCUT2D eigenvalue weighted by Gasteiger charge is -1.98. The van der Waals surface area contributed by atoms with Crippen molar-refractivity contribution in [3.63, 3.8) is 0 Å². The number of furan rings is 1. The molecule has 0 amide bonds. The number of nitriles is 1. The number of rotatable bonds is 1. The number of phenolic OH excluding ortho intramolecular Hbond substituents is 1. The van der Waals surface area contributed by atoms with E-state index >= 15 is 0 Å². The van der Waals surface area contributed by atoms with Gasteiger partial charge in [0.05, 0.1) is 0 Å². The van der Waals surface area contributed by atoms with E-state index in [4.69, 9.17) is 9.68 Å². The van der Waals surface area contributed by atoms with E-state index in [1.807, 2.05) is 6.07 Å². The SMILES string of the molecule is CC(=O)c1ccc(O)c2oc(C#N)cc12. The number of phenols is 1. The molecule has 1 aromatic carbocycles. The van der Waals surface area contributed by atoms with Gasteiger partial charge in [0.25, 0.3) is 0 Å². The second kappa shape index (κ2) is 3.14. The van der Waals surface area contributed by atoms with Crippen molar-refractivity contribution in [3.05, 3.63) is 29.5 Å². The summed E-state index contributed by atoms with van der Waals surface area (Å²) in [6, 6.07) is 6.16. The van der Waals surface area contributed by atoms with E-state index in [2.05, 4.69) is 0 Å². The van der Waals surface area contributed by atoms with Crippen LogP contribution in [-0.4, -0.2) is 10.9 Å². The first-order chi connectivity index (χ1) is 7.13. The average molecular weight is 201 g/mol. The van der Waals surface area contributed by atoms with Gasteiger partial charge in [-0.3, -0.25) is 4.79 Å². The molecule has 4 nitrogen and oxygen atoms in total. The van der Waals surface area contributed by atoms with Crippen molar-refractivity contribution in [1.29, 1.82) is 5.26 Å². The highest BCUT2D eigenvalue weighted by molar-refractivity contribution is 6.07. The number of fused-ring (bicyclic) bond motifs is 1. The van der Waals surface area contributed by atoms with E-state index in [-0.39, 0.29) is 22.9 Å². The molecule has 15 heavy (non-hydrogen) atoms. The number of carbonyl (C=O) groups excluding carboxylic acids is 1. The van der Waals surface area contributed by atoms with Crippen LogP contribution in [0.25, 0.3) is 11.0 Å². The third-order valence-corrected chi connectivity index (χ3v) is 2.15. The van der Waals surface area contributed by atoms with Gasteiger partial charge in [-0.15, -0.1) is 0 Å². The maximum atomic E-state index is 11.3. The molecular weight excluding hydrogens is 194 g/mol. The Kier molecular flexibility index (Phi) is 1.94. The fourth-order valence-electron chi connectivity index (χ4n) is 1.47. The van der Waals surface area contributed by atoms with E-state index in [9.17, 15) is 9.90 Å². The lowest BCUT2D eigenvalue weighted by atomic mass is 10.1. The molecule has 0 aliphatic rings. The Bertz CT molecular complexity index is 590. The number of nitrogens with zero attached hydrogens (tertiary/aromatic N) is 1. The van der Waals surface area contributed by atoms with Crippen molar-refractivity contribution >= 4 is 16.8 Å². The average Bonchev–Trinajstić information content (AvgIpc) is 2.62. The van der Waals surface area contributed by atoms with Crippen LogP contribution in [-0.2, 0) is 0 Å². The Morgan fingerprint density at radius 1 is 1.53 bits per heavy atom. The van der Waals surface area contributed by atoms with E-state index in [1.165, 1.54) is 25.1 Å².